The molecule has 0 radical (unpaired) electrons. The van der Waals surface area contributed by atoms with Crippen LogP contribution in [0.5, 0.6) is 5.75 Å². The van der Waals surface area contributed by atoms with Gasteiger partial charge in [-0.05, 0) is 42.8 Å². The van der Waals surface area contributed by atoms with E-state index in [4.69, 9.17) is 4.74 Å². The third-order valence-electron chi connectivity index (χ3n) is 5.61. The van der Waals surface area contributed by atoms with Crippen molar-refractivity contribution in [3.8, 4) is 5.75 Å². The van der Waals surface area contributed by atoms with Crippen molar-refractivity contribution in [3.63, 3.8) is 0 Å². The molecule has 0 saturated carbocycles. The molecule has 5 rings (SSSR count). The summed E-state index contributed by atoms with van der Waals surface area (Å²) in [4.78, 5) is 15.7. The maximum absolute atomic E-state index is 13.2. The molecule has 0 aliphatic carbocycles. The second kappa shape index (κ2) is 8.36. The first-order valence-electron chi connectivity index (χ1n) is 10.5. The van der Waals surface area contributed by atoms with E-state index in [0.29, 0.717) is 55.1 Å². The average Bonchev–Trinajstić information content (AvgIpc) is 3.27. The van der Waals surface area contributed by atoms with Crippen LogP contribution in [-0.4, -0.2) is 60.5 Å². The number of anilines is 3. The van der Waals surface area contributed by atoms with E-state index < -0.39 is 10.0 Å². The summed E-state index contributed by atoms with van der Waals surface area (Å²) in [6.45, 7) is 4.32. The summed E-state index contributed by atoms with van der Waals surface area (Å²) in [5, 5.41) is 3.19. The number of nitrogens with zero attached hydrogens (tertiary/aromatic N) is 5. The zero-order chi connectivity index (χ0) is 22.1. The maximum atomic E-state index is 13.2. The van der Waals surface area contributed by atoms with E-state index in [9.17, 15) is 8.42 Å². The molecule has 1 fully saturated rings. The molecule has 0 amide bonds. The lowest BCUT2D eigenvalue weighted by molar-refractivity contribution is 0.356. The molecular formula is C22H24N6O3S. The minimum Gasteiger partial charge on any atom is -0.493 e. The molecule has 1 aromatic carbocycles. The number of fused-ring (bicyclic) bond motifs is 1. The Bertz CT molecular complexity index is 1230. The van der Waals surface area contributed by atoms with Crippen molar-refractivity contribution < 1.29 is 13.2 Å². The Labute approximate surface area is 187 Å². The van der Waals surface area contributed by atoms with E-state index in [1.165, 1.54) is 0 Å². The summed E-state index contributed by atoms with van der Waals surface area (Å²) in [5.41, 5.74) is 0.953. The van der Waals surface area contributed by atoms with Crippen LogP contribution < -0.4 is 15.0 Å². The highest BCUT2D eigenvalue weighted by Gasteiger charge is 2.30. The number of rotatable bonds is 5. The van der Waals surface area contributed by atoms with Crippen LogP contribution in [0.1, 0.15) is 11.4 Å². The smallest absolute Gasteiger partial charge is 0.243 e. The molecule has 1 N–H and O–H groups in total. The Morgan fingerprint density at radius 1 is 1.00 bits per heavy atom. The molecule has 10 heteroatoms. The van der Waals surface area contributed by atoms with Gasteiger partial charge in [-0.2, -0.15) is 4.31 Å². The first-order valence-corrected chi connectivity index (χ1v) is 12.0. The quantitative estimate of drug-likeness (QED) is 0.630. The lowest BCUT2D eigenvalue weighted by Gasteiger charge is -2.34. The molecule has 0 spiro atoms. The standard InChI is InChI=1S/C22H24N6O3S/c1-16-24-21(26-20-4-2-3-8-23-20)15-22(25-16)27-9-11-28(12-10-27)32(29,30)18-5-6-19-17(14-18)7-13-31-19/h2-6,8,14-15H,7,9-13H2,1H3,(H,23,24,25,26). The number of piperazine rings is 1. The molecule has 1 saturated heterocycles. The van der Waals surface area contributed by atoms with Gasteiger partial charge < -0.3 is 15.0 Å². The highest BCUT2D eigenvalue weighted by Crippen LogP contribution is 2.29. The zero-order valence-corrected chi connectivity index (χ0v) is 18.5. The summed E-state index contributed by atoms with van der Waals surface area (Å²) in [7, 11) is -3.55. The van der Waals surface area contributed by atoms with E-state index in [2.05, 4.69) is 25.2 Å². The maximum Gasteiger partial charge on any atom is 0.243 e. The molecule has 32 heavy (non-hydrogen) atoms. The Hall–Kier alpha value is -3.24. The van der Waals surface area contributed by atoms with E-state index in [0.717, 1.165) is 23.6 Å². The fraction of sp³-hybridized carbons (Fsp3) is 0.318. The third kappa shape index (κ3) is 4.11. The van der Waals surface area contributed by atoms with Gasteiger partial charge in [0, 0.05) is 44.9 Å². The van der Waals surface area contributed by atoms with Crippen LogP contribution in [0.2, 0.25) is 0 Å². The van der Waals surface area contributed by atoms with Gasteiger partial charge in [0.05, 0.1) is 11.5 Å². The topological polar surface area (TPSA) is 101 Å². The van der Waals surface area contributed by atoms with Gasteiger partial charge in [0.15, 0.2) is 0 Å². The predicted octanol–water partition coefficient (Wildman–Crippen LogP) is 2.37. The van der Waals surface area contributed by atoms with Crippen LogP contribution in [-0.2, 0) is 16.4 Å². The van der Waals surface area contributed by atoms with Crippen LogP contribution in [0, 0.1) is 6.92 Å². The molecule has 0 unspecified atom stereocenters. The van der Waals surface area contributed by atoms with Crippen LogP contribution >= 0.6 is 0 Å². The average molecular weight is 453 g/mol. The Morgan fingerprint density at radius 3 is 2.62 bits per heavy atom. The zero-order valence-electron chi connectivity index (χ0n) is 17.7. The molecule has 166 valence electrons. The van der Waals surface area contributed by atoms with Gasteiger partial charge in [-0.25, -0.2) is 23.4 Å². The number of aromatic nitrogens is 3. The molecule has 9 nitrogen and oxygen atoms in total. The predicted molar refractivity (Wildman–Crippen MR) is 121 cm³/mol. The molecule has 2 aliphatic rings. The minimum atomic E-state index is -3.55. The van der Waals surface area contributed by atoms with Crippen LogP contribution in [0.15, 0.2) is 53.6 Å². The monoisotopic (exact) mass is 452 g/mol. The van der Waals surface area contributed by atoms with Gasteiger partial charge in [-0.3, -0.25) is 0 Å². The molecule has 2 aromatic heterocycles. The van der Waals surface area contributed by atoms with E-state index in [1.807, 2.05) is 31.2 Å². The summed E-state index contributed by atoms with van der Waals surface area (Å²) >= 11 is 0. The largest absolute Gasteiger partial charge is 0.493 e. The first-order chi connectivity index (χ1) is 15.5. The number of sulfonamides is 1. The van der Waals surface area contributed by atoms with Gasteiger partial charge in [-0.1, -0.05) is 6.07 Å². The third-order valence-corrected chi connectivity index (χ3v) is 7.50. The van der Waals surface area contributed by atoms with E-state index in [-0.39, 0.29) is 0 Å². The van der Waals surface area contributed by atoms with Gasteiger partial charge in [0.25, 0.3) is 0 Å². The van der Waals surface area contributed by atoms with Gasteiger partial charge in [0.2, 0.25) is 10.0 Å². The highest BCUT2D eigenvalue weighted by atomic mass is 32.2. The summed E-state index contributed by atoms with van der Waals surface area (Å²) in [6.07, 6.45) is 2.46. The van der Waals surface area contributed by atoms with E-state index in [1.54, 1.807) is 28.7 Å². The number of hydrogen-bond donors (Lipinski definition) is 1. The minimum absolute atomic E-state index is 0.329. The van der Waals surface area contributed by atoms with Crippen molar-refractivity contribution in [1.29, 1.82) is 0 Å². The summed E-state index contributed by atoms with van der Waals surface area (Å²) < 4.78 is 33.4. The normalized spacial score (nSPS) is 16.5. The Balaban J connectivity index is 1.29. The highest BCUT2D eigenvalue weighted by molar-refractivity contribution is 7.89. The molecule has 0 atom stereocenters. The lowest BCUT2D eigenvalue weighted by Crippen LogP contribution is -2.49. The van der Waals surface area contributed by atoms with Gasteiger partial charge in [0.1, 0.15) is 29.0 Å². The van der Waals surface area contributed by atoms with Crippen molar-refractivity contribution in [3.05, 3.63) is 60.0 Å². The summed E-state index contributed by atoms with van der Waals surface area (Å²) in [6, 6.07) is 12.6. The van der Waals surface area contributed by atoms with Crippen molar-refractivity contribution >= 4 is 27.5 Å². The van der Waals surface area contributed by atoms with Crippen molar-refractivity contribution in [2.75, 3.05) is 43.0 Å². The number of ether oxygens (including phenoxy) is 1. The number of aryl methyl sites for hydroxylation is 1. The summed E-state index contributed by atoms with van der Waals surface area (Å²) in [5.74, 6) is 3.54. The second-order valence-corrected chi connectivity index (χ2v) is 9.70. The molecule has 2 aliphatic heterocycles. The SMILES string of the molecule is Cc1nc(Nc2ccccn2)cc(N2CCN(S(=O)(=O)c3ccc4c(c3)CCO4)CC2)n1. The number of benzene rings is 1. The second-order valence-electron chi connectivity index (χ2n) is 7.76. The lowest BCUT2D eigenvalue weighted by atomic mass is 10.2. The first kappa shape index (κ1) is 20.7. The van der Waals surface area contributed by atoms with Crippen molar-refractivity contribution in [2.45, 2.75) is 18.2 Å². The van der Waals surface area contributed by atoms with Gasteiger partial charge in [-0.15, -0.1) is 0 Å². The molecule has 3 aromatic rings. The fourth-order valence-corrected chi connectivity index (χ4v) is 5.45. The molecule has 0 bridgehead atoms. The Morgan fingerprint density at radius 2 is 1.84 bits per heavy atom. The van der Waals surface area contributed by atoms with Crippen LogP contribution in [0.3, 0.4) is 0 Å². The van der Waals surface area contributed by atoms with Gasteiger partial charge >= 0.3 is 0 Å². The Kier molecular flexibility index (Phi) is 5.40. The number of hydrogen-bond acceptors (Lipinski definition) is 8. The number of pyridine rings is 1. The number of nitrogens with one attached hydrogen (secondary N) is 1. The van der Waals surface area contributed by atoms with Crippen molar-refractivity contribution in [1.82, 2.24) is 19.3 Å². The molecular weight excluding hydrogens is 428 g/mol. The van der Waals surface area contributed by atoms with Crippen LogP contribution in [0.25, 0.3) is 0 Å². The fourth-order valence-electron chi connectivity index (χ4n) is 3.98. The van der Waals surface area contributed by atoms with Crippen LogP contribution in [0.4, 0.5) is 17.5 Å². The molecule has 4 heterocycles. The van der Waals surface area contributed by atoms with E-state index >= 15 is 0 Å². The van der Waals surface area contributed by atoms with Crippen molar-refractivity contribution in [2.24, 2.45) is 0 Å².